The molecule has 1 aliphatic heterocycles. The normalized spacial score (nSPS) is 16.1. The second-order valence-corrected chi connectivity index (χ2v) is 8.01. The molecule has 1 aliphatic rings. The Labute approximate surface area is 192 Å². The highest BCUT2D eigenvalue weighted by Crippen LogP contribution is 2.33. The average molecular weight is 467 g/mol. The molecule has 34 heavy (non-hydrogen) atoms. The molecule has 2 aromatic carbocycles. The zero-order valence-corrected chi connectivity index (χ0v) is 17.8. The Balaban J connectivity index is 1.42. The van der Waals surface area contributed by atoms with Gasteiger partial charge in [0.1, 0.15) is 17.8 Å². The van der Waals surface area contributed by atoms with E-state index in [2.05, 4.69) is 20.6 Å². The van der Waals surface area contributed by atoms with E-state index in [1.807, 2.05) is 4.68 Å². The predicted octanol–water partition coefficient (Wildman–Crippen LogP) is 3.88. The van der Waals surface area contributed by atoms with Gasteiger partial charge in [-0.15, -0.1) is 0 Å². The van der Waals surface area contributed by atoms with Gasteiger partial charge < -0.3 is 16.4 Å². The quantitative estimate of drug-likeness (QED) is 0.420. The molecule has 5 rings (SSSR count). The van der Waals surface area contributed by atoms with E-state index in [1.54, 1.807) is 24.3 Å². The van der Waals surface area contributed by atoms with Crippen LogP contribution in [0.1, 0.15) is 28.4 Å². The second-order valence-electron chi connectivity index (χ2n) is 8.01. The molecular weight excluding hydrogens is 447 g/mol. The fourth-order valence-electron chi connectivity index (χ4n) is 4.05. The van der Waals surface area contributed by atoms with E-state index >= 15 is 0 Å². The van der Waals surface area contributed by atoms with Gasteiger partial charge in [-0.25, -0.2) is 14.6 Å². The molecular formula is C23H20F3N7O. The van der Waals surface area contributed by atoms with Crippen LogP contribution >= 0.6 is 0 Å². The minimum atomic E-state index is -4.52. The number of hydrogen-bond donors (Lipinski definition) is 3. The van der Waals surface area contributed by atoms with E-state index in [1.165, 1.54) is 18.5 Å². The molecule has 4 aromatic rings. The predicted molar refractivity (Wildman–Crippen MR) is 121 cm³/mol. The van der Waals surface area contributed by atoms with E-state index in [0.717, 1.165) is 37.2 Å². The molecule has 2 aromatic heterocycles. The zero-order valence-electron chi connectivity index (χ0n) is 17.8. The van der Waals surface area contributed by atoms with E-state index in [4.69, 9.17) is 10.8 Å². The van der Waals surface area contributed by atoms with Crippen LogP contribution < -0.4 is 16.4 Å². The zero-order chi connectivity index (χ0) is 23.9. The van der Waals surface area contributed by atoms with Gasteiger partial charge >= 0.3 is 6.18 Å². The van der Waals surface area contributed by atoms with Crippen molar-refractivity contribution in [2.45, 2.75) is 18.6 Å². The topological polar surface area (TPSA) is 111 Å². The van der Waals surface area contributed by atoms with Crippen molar-refractivity contribution in [2.24, 2.45) is 0 Å². The molecule has 3 heterocycles. The van der Waals surface area contributed by atoms with E-state index in [0.29, 0.717) is 28.2 Å². The lowest BCUT2D eigenvalue weighted by Gasteiger charge is -2.10. The van der Waals surface area contributed by atoms with Crippen LogP contribution in [0.15, 0.2) is 54.9 Å². The van der Waals surface area contributed by atoms with Crippen LogP contribution in [0.2, 0.25) is 0 Å². The Morgan fingerprint density at radius 2 is 1.94 bits per heavy atom. The highest BCUT2D eigenvalue weighted by atomic mass is 19.4. The SMILES string of the molecule is Nc1ncnc2c1c(-c1ccc(NC(=O)c3cccc(C(F)(F)F)c3)cc1)nn2C1CCNC1. The third kappa shape index (κ3) is 4.05. The summed E-state index contributed by atoms with van der Waals surface area (Å²) in [7, 11) is 0. The lowest BCUT2D eigenvalue weighted by atomic mass is 10.1. The summed E-state index contributed by atoms with van der Waals surface area (Å²) in [6.07, 6.45) is -2.20. The summed E-state index contributed by atoms with van der Waals surface area (Å²) in [6.45, 7) is 1.67. The Morgan fingerprint density at radius 1 is 1.15 bits per heavy atom. The van der Waals surface area contributed by atoms with Crippen LogP contribution in [-0.4, -0.2) is 38.7 Å². The summed E-state index contributed by atoms with van der Waals surface area (Å²) in [5.41, 5.74) is 7.63. The number of alkyl halides is 3. The Hall–Kier alpha value is -3.99. The molecule has 1 saturated heterocycles. The van der Waals surface area contributed by atoms with E-state index in [-0.39, 0.29) is 11.6 Å². The minimum absolute atomic E-state index is 0.0845. The number of nitrogen functional groups attached to an aromatic ring is 1. The number of anilines is 2. The van der Waals surface area contributed by atoms with Crippen molar-refractivity contribution in [2.75, 3.05) is 24.1 Å². The fraction of sp³-hybridized carbons (Fsp3) is 0.217. The summed E-state index contributed by atoms with van der Waals surface area (Å²) in [5.74, 6) is -0.320. The number of halogens is 3. The molecule has 4 N–H and O–H groups in total. The third-order valence-corrected chi connectivity index (χ3v) is 5.77. The smallest absolute Gasteiger partial charge is 0.383 e. The summed E-state index contributed by atoms with van der Waals surface area (Å²) in [5, 5.41) is 11.4. The van der Waals surface area contributed by atoms with Crippen molar-refractivity contribution in [3.8, 4) is 11.3 Å². The maximum Gasteiger partial charge on any atom is 0.416 e. The highest BCUT2D eigenvalue weighted by molar-refractivity contribution is 6.04. The maximum absolute atomic E-state index is 12.9. The van der Waals surface area contributed by atoms with Crippen molar-refractivity contribution in [3.05, 3.63) is 66.0 Å². The second kappa shape index (κ2) is 8.41. The highest BCUT2D eigenvalue weighted by Gasteiger charge is 2.31. The van der Waals surface area contributed by atoms with Crippen molar-refractivity contribution in [1.29, 1.82) is 0 Å². The molecule has 8 nitrogen and oxygen atoms in total. The summed E-state index contributed by atoms with van der Waals surface area (Å²) < 4.78 is 40.7. The van der Waals surface area contributed by atoms with Gasteiger partial charge in [-0.1, -0.05) is 18.2 Å². The van der Waals surface area contributed by atoms with Gasteiger partial charge in [-0.3, -0.25) is 4.79 Å². The number of carbonyl (C=O) groups is 1. The van der Waals surface area contributed by atoms with Gasteiger partial charge in [0.15, 0.2) is 5.65 Å². The monoisotopic (exact) mass is 467 g/mol. The molecule has 1 fully saturated rings. The Kier molecular flexibility index (Phi) is 5.40. The number of nitrogens with one attached hydrogen (secondary N) is 2. The first-order valence-corrected chi connectivity index (χ1v) is 10.6. The third-order valence-electron chi connectivity index (χ3n) is 5.77. The number of rotatable bonds is 4. The average Bonchev–Trinajstić information content (AvgIpc) is 3.48. The lowest BCUT2D eigenvalue weighted by molar-refractivity contribution is -0.137. The maximum atomic E-state index is 12.9. The standard InChI is InChI=1S/C23H20F3N7O/c24-23(25,26)15-3-1-2-14(10-15)22(34)31-16-6-4-13(5-7-16)19-18-20(27)29-12-30-21(18)33(32-19)17-8-9-28-11-17/h1-7,10,12,17,28H,8-9,11H2,(H,31,34)(H2,27,29,30). The number of carbonyl (C=O) groups excluding carboxylic acids is 1. The lowest BCUT2D eigenvalue weighted by Crippen LogP contribution is -2.15. The molecule has 1 unspecified atom stereocenters. The summed E-state index contributed by atoms with van der Waals surface area (Å²) in [4.78, 5) is 21.0. The van der Waals surface area contributed by atoms with Crippen LogP contribution in [0.3, 0.4) is 0 Å². The number of nitrogens with two attached hydrogens (primary N) is 1. The van der Waals surface area contributed by atoms with Crippen LogP contribution in [0.5, 0.6) is 0 Å². The van der Waals surface area contributed by atoms with Gasteiger partial charge in [0.05, 0.1) is 17.0 Å². The molecule has 174 valence electrons. The molecule has 0 saturated carbocycles. The number of fused-ring (bicyclic) bond motifs is 1. The van der Waals surface area contributed by atoms with Crippen LogP contribution in [0, 0.1) is 0 Å². The molecule has 11 heteroatoms. The van der Waals surface area contributed by atoms with Crippen molar-refractivity contribution >= 4 is 28.4 Å². The number of amides is 1. The van der Waals surface area contributed by atoms with E-state index < -0.39 is 17.6 Å². The number of benzene rings is 2. The molecule has 0 aliphatic carbocycles. The fourth-order valence-corrected chi connectivity index (χ4v) is 4.05. The molecule has 0 spiro atoms. The van der Waals surface area contributed by atoms with Crippen LogP contribution in [-0.2, 0) is 6.18 Å². The first-order valence-electron chi connectivity index (χ1n) is 10.6. The number of hydrogen-bond acceptors (Lipinski definition) is 6. The van der Waals surface area contributed by atoms with Gasteiger partial charge in [0, 0.05) is 23.4 Å². The van der Waals surface area contributed by atoms with E-state index in [9.17, 15) is 18.0 Å². The van der Waals surface area contributed by atoms with Crippen LogP contribution in [0.25, 0.3) is 22.3 Å². The van der Waals surface area contributed by atoms with Crippen molar-refractivity contribution < 1.29 is 18.0 Å². The molecule has 1 amide bonds. The van der Waals surface area contributed by atoms with Gasteiger partial charge in [-0.2, -0.15) is 18.3 Å². The number of aromatic nitrogens is 4. The van der Waals surface area contributed by atoms with Gasteiger partial charge in [-0.05, 0) is 43.3 Å². The van der Waals surface area contributed by atoms with Gasteiger partial charge in [0.25, 0.3) is 5.91 Å². The van der Waals surface area contributed by atoms with Gasteiger partial charge in [0.2, 0.25) is 0 Å². The van der Waals surface area contributed by atoms with Crippen molar-refractivity contribution in [3.63, 3.8) is 0 Å². The summed E-state index contributed by atoms with van der Waals surface area (Å²) in [6, 6.07) is 11.3. The molecule has 0 bridgehead atoms. The first-order chi connectivity index (χ1) is 16.3. The van der Waals surface area contributed by atoms with Crippen molar-refractivity contribution in [1.82, 2.24) is 25.1 Å². The molecule has 1 atom stereocenters. The van der Waals surface area contributed by atoms with Crippen LogP contribution in [0.4, 0.5) is 24.7 Å². The molecule has 0 radical (unpaired) electrons. The minimum Gasteiger partial charge on any atom is -0.383 e. The Bertz CT molecular complexity index is 1360. The Morgan fingerprint density at radius 3 is 2.65 bits per heavy atom. The first kappa shape index (κ1) is 21.8. The summed E-state index contributed by atoms with van der Waals surface area (Å²) >= 11 is 0. The largest absolute Gasteiger partial charge is 0.416 e. The number of nitrogens with zero attached hydrogens (tertiary/aromatic N) is 4.